The molecule has 18 heavy (non-hydrogen) atoms. The molecular formula is C15H31N3. The SMILES string of the molecule is CN1CCCC(CCN(C)C2CCC(N)CC2)C1. The van der Waals surface area contributed by atoms with Crippen LogP contribution in [0, 0.1) is 5.92 Å². The van der Waals surface area contributed by atoms with Gasteiger partial charge in [-0.1, -0.05) is 0 Å². The van der Waals surface area contributed by atoms with Gasteiger partial charge in [0.05, 0.1) is 0 Å². The van der Waals surface area contributed by atoms with Gasteiger partial charge < -0.3 is 15.5 Å². The molecule has 0 bridgehead atoms. The minimum atomic E-state index is 0.474. The Morgan fingerprint density at radius 2 is 1.89 bits per heavy atom. The van der Waals surface area contributed by atoms with E-state index in [-0.39, 0.29) is 0 Å². The molecule has 1 heterocycles. The van der Waals surface area contributed by atoms with Gasteiger partial charge in [0.25, 0.3) is 0 Å². The third-order valence-corrected chi connectivity index (χ3v) is 4.98. The zero-order valence-electron chi connectivity index (χ0n) is 12.3. The Bertz CT molecular complexity index is 236. The van der Waals surface area contributed by atoms with Gasteiger partial charge in [-0.2, -0.15) is 0 Å². The van der Waals surface area contributed by atoms with Crippen LogP contribution in [0.25, 0.3) is 0 Å². The van der Waals surface area contributed by atoms with E-state index >= 15 is 0 Å². The molecule has 1 saturated carbocycles. The van der Waals surface area contributed by atoms with Crippen molar-refractivity contribution < 1.29 is 0 Å². The number of nitrogens with two attached hydrogens (primary N) is 1. The molecule has 0 aromatic heterocycles. The highest BCUT2D eigenvalue weighted by Gasteiger charge is 2.23. The van der Waals surface area contributed by atoms with Crippen LogP contribution >= 0.6 is 0 Å². The number of piperidine rings is 1. The van der Waals surface area contributed by atoms with E-state index in [1.54, 1.807) is 0 Å². The summed E-state index contributed by atoms with van der Waals surface area (Å²) in [6, 6.07) is 1.27. The Morgan fingerprint density at radius 3 is 2.56 bits per heavy atom. The molecule has 1 saturated heterocycles. The summed E-state index contributed by atoms with van der Waals surface area (Å²) >= 11 is 0. The summed E-state index contributed by atoms with van der Waals surface area (Å²) in [7, 11) is 4.58. The second-order valence-electron chi connectivity index (χ2n) is 6.61. The first kappa shape index (κ1) is 14.3. The van der Waals surface area contributed by atoms with E-state index in [1.807, 2.05) is 0 Å². The van der Waals surface area contributed by atoms with Gasteiger partial charge in [0.2, 0.25) is 0 Å². The van der Waals surface area contributed by atoms with Crippen LogP contribution in [-0.2, 0) is 0 Å². The first-order chi connectivity index (χ1) is 8.65. The van der Waals surface area contributed by atoms with Crippen molar-refractivity contribution in [3.05, 3.63) is 0 Å². The summed E-state index contributed by atoms with van der Waals surface area (Å²) in [4.78, 5) is 5.09. The van der Waals surface area contributed by atoms with Crippen molar-refractivity contribution in [2.24, 2.45) is 11.7 Å². The van der Waals surface area contributed by atoms with Crippen molar-refractivity contribution in [3.63, 3.8) is 0 Å². The van der Waals surface area contributed by atoms with E-state index in [9.17, 15) is 0 Å². The number of hydrogen-bond acceptors (Lipinski definition) is 3. The smallest absolute Gasteiger partial charge is 0.00933 e. The number of hydrogen-bond donors (Lipinski definition) is 1. The van der Waals surface area contributed by atoms with Gasteiger partial charge in [-0.05, 0) is 78.0 Å². The highest BCUT2D eigenvalue weighted by atomic mass is 15.1. The van der Waals surface area contributed by atoms with E-state index in [0.717, 1.165) is 12.0 Å². The lowest BCUT2D eigenvalue weighted by Crippen LogP contribution is -2.40. The van der Waals surface area contributed by atoms with Gasteiger partial charge in [-0.3, -0.25) is 0 Å². The molecule has 1 aliphatic carbocycles. The fraction of sp³-hybridized carbons (Fsp3) is 1.00. The van der Waals surface area contributed by atoms with Crippen molar-refractivity contribution in [1.82, 2.24) is 9.80 Å². The number of rotatable bonds is 4. The summed E-state index contributed by atoms with van der Waals surface area (Å²) in [5, 5.41) is 0. The van der Waals surface area contributed by atoms with Gasteiger partial charge in [0, 0.05) is 18.6 Å². The minimum absolute atomic E-state index is 0.474. The Morgan fingerprint density at radius 1 is 1.17 bits per heavy atom. The zero-order valence-corrected chi connectivity index (χ0v) is 12.3. The number of likely N-dealkylation sites (tertiary alicyclic amines) is 1. The van der Waals surface area contributed by atoms with E-state index in [2.05, 4.69) is 23.9 Å². The Hall–Kier alpha value is -0.120. The van der Waals surface area contributed by atoms with Gasteiger partial charge in [0.1, 0.15) is 0 Å². The van der Waals surface area contributed by atoms with Gasteiger partial charge in [-0.25, -0.2) is 0 Å². The third-order valence-electron chi connectivity index (χ3n) is 4.98. The summed E-state index contributed by atoms with van der Waals surface area (Å²) in [6.45, 7) is 3.88. The Kier molecular flexibility index (Phi) is 5.46. The van der Waals surface area contributed by atoms with E-state index in [0.29, 0.717) is 6.04 Å². The molecule has 2 aliphatic rings. The molecule has 2 N–H and O–H groups in total. The molecule has 0 radical (unpaired) electrons. The van der Waals surface area contributed by atoms with E-state index < -0.39 is 0 Å². The third kappa shape index (κ3) is 4.22. The molecule has 3 heteroatoms. The van der Waals surface area contributed by atoms with Gasteiger partial charge in [-0.15, -0.1) is 0 Å². The Labute approximate surface area is 113 Å². The molecule has 0 spiro atoms. The second-order valence-corrected chi connectivity index (χ2v) is 6.61. The second kappa shape index (κ2) is 6.88. The summed E-state index contributed by atoms with van der Waals surface area (Å²) in [5.41, 5.74) is 5.98. The fourth-order valence-corrected chi connectivity index (χ4v) is 3.62. The lowest BCUT2D eigenvalue weighted by Gasteiger charge is -2.35. The quantitative estimate of drug-likeness (QED) is 0.831. The lowest BCUT2D eigenvalue weighted by molar-refractivity contribution is 0.148. The van der Waals surface area contributed by atoms with Crippen molar-refractivity contribution in [2.45, 2.75) is 57.0 Å². The largest absolute Gasteiger partial charge is 0.328 e. The maximum atomic E-state index is 5.98. The average molecular weight is 253 g/mol. The molecule has 0 amide bonds. The topological polar surface area (TPSA) is 32.5 Å². The Balaban J connectivity index is 1.66. The standard InChI is InChI=1S/C15H31N3/c1-17-10-3-4-13(12-17)9-11-18(2)15-7-5-14(16)6-8-15/h13-15H,3-12,16H2,1-2H3. The fourth-order valence-electron chi connectivity index (χ4n) is 3.62. The van der Waals surface area contributed by atoms with Crippen molar-refractivity contribution >= 4 is 0 Å². The summed E-state index contributed by atoms with van der Waals surface area (Å²) in [6.07, 6.45) is 9.27. The molecule has 106 valence electrons. The van der Waals surface area contributed by atoms with Crippen LogP contribution in [0.15, 0.2) is 0 Å². The average Bonchev–Trinajstić information content (AvgIpc) is 2.37. The van der Waals surface area contributed by atoms with E-state index in [4.69, 9.17) is 5.73 Å². The van der Waals surface area contributed by atoms with Gasteiger partial charge >= 0.3 is 0 Å². The van der Waals surface area contributed by atoms with Crippen LogP contribution in [0.4, 0.5) is 0 Å². The van der Waals surface area contributed by atoms with Crippen LogP contribution in [0.1, 0.15) is 44.9 Å². The molecule has 1 aliphatic heterocycles. The maximum Gasteiger partial charge on any atom is 0.00933 e. The maximum absolute atomic E-state index is 5.98. The monoisotopic (exact) mass is 253 g/mol. The van der Waals surface area contributed by atoms with Crippen molar-refractivity contribution in [2.75, 3.05) is 33.7 Å². The minimum Gasteiger partial charge on any atom is -0.328 e. The first-order valence-electron chi connectivity index (χ1n) is 7.79. The van der Waals surface area contributed by atoms with Crippen molar-refractivity contribution in [3.8, 4) is 0 Å². The number of nitrogens with zero attached hydrogens (tertiary/aromatic N) is 2. The van der Waals surface area contributed by atoms with Crippen LogP contribution in [0.2, 0.25) is 0 Å². The molecule has 1 atom stereocenters. The van der Waals surface area contributed by atoms with Gasteiger partial charge in [0.15, 0.2) is 0 Å². The zero-order chi connectivity index (χ0) is 13.0. The molecule has 0 aromatic carbocycles. The van der Waals surface area contributed by atoms with Crippen LogP contribution in [0.3, 0.4) is 0 Å². The van der Waals surface area contributed by atoms with Crippen LogP contribution < -0.4 is 5.73 Å². The molecule has 0 aromatic rings. The van der Waals surface area contributed by atoms with Crippen molar-refractivity contribution in [1.29, 1.82) is 0 Å². The summed E-state index contributed by atoms with van der Waals surface area (Å²) in [5.74, 6) is 0.928. The summed E-state index contributed by atoms with van der Waals surface area (Å²) < 4.78 is 0. The van der Waals surface area contributed by atoms with Crippen LogP contribution in [-0.4, -0.2) is 55.6 Å². The normalized spacial score (nSPS) is 35.0. The highest BCUT2D eigenvalue weighted by molar-refractivity contribution is 4.80. The van der Waals surface area contributed by atoms with E-state index in [1.165, 1.54) is 64.6 Å². The molecule has 1 unspecified atom stereocenters. The molecule has 2 rings (SSSR count). The predicted molar refractivity (Wildman–Crippen MR) is 77.7 cm³/mol. The highest BCUT2D eigenvalue weighted by Crippen LogP contribution is 2.23. The van der Waals surface area contributed by atoms with Crippen LogP contribution in [0.5, 0.6) is 0 Å². The molecule has 2 fully saturated rings. The lowest BCUT2D eigenvalue weighted by atomic mass is 9.90. The first-order valence-corrected chi connectivity index (χ1v) is 7.79. The molecular weight excluding hydrogens is 222 g/mol. The molecule has 3 nitrogen and oxygen atoms in total. The predicted octanol–water partition coefficient (Wildman–Crippen LogP) is 1.92.